The molecule has 0 saturated carbocycles. The molecule has 0 fully saturated rings. The van der Waals surface area contributed by atoms with Gasteiger partial charge in [-0.1, -0.05) is 0 Å². The van der Waals surface area contributed by atoms with E-state index in [1.807, 2.05) is 0 Å². The van der Waals surface area contributed by atoms with E-state index in [0.717, 1.165) is 12.1 Å². The van der Waals surface area contributed by atoms with Gasteiger partial charge in [0, 0.05) is 10.0 Å². The summed E-state index contributed by atoms with van der Waals surface area (Å²) in [6, 6.07) is 3.66. The molecule has 0 saturated heterocycles. The smallest absolute Gasteiger partial charge is 0.878 e. The Morgan fingerprint density at radius 3 is 2.64 bits per heavy atom. The number of carbonyl (C=O) groups is 1. The van der Waals surface area contributed by atoms with Crippen LogP contribution in [0, 0.1) is 5.82 Å². The molecule has 14 heavy (non-hydrogen) atoms. The summed E-state index contributed by atoms with van der Waals surface area (Å²) in [5.41, 5.74) is 0.272. The van der Waals surface area contributed by atoms with Gasteiger partial charge in [0.1, 0.15) is 5.82 Å². The van der Waals surface area contributed by atoms with Crippen molar-refractivity contribution >= 4 is 21.7 Å². The first-order chi connectivity index (χ1) is 6.15. The van der Waals surface area contributed by atoms with Crippen LogP contribution in [0.5, 0.6) is 0 Å². The number of ketones is 1. The van der Waals surface area contributed by atoms with Crippen molar-refractivity contribution in [1.82, 2.24) is 0 Å². The van der Waals surface area contributed by atoms with Crippen LogP contribution in [0.1, 0.15) is 10.4 Å². The van der Waals surface area contributed by atoms with E-state index in [9.17, 15) is 14.3 Å². The fourth-order valence-corrected chi connectivity index (χ4v) is 1.39. The second kappa shape index (κ2) is 6.35. The second-order valence-corrected chi connectivity index (χ2v) is 3.15. The SMILES string of the molecule is O=C(/C=C/[O-])c1ccc(F)cc1Br.[Na+]. The summed E-state index contributed by atoms with van der Waals surface area (Å²) in [5.74, 6) is -0.878. The molecule has 2 nitrogen and oxygen atoms in total. The average Bonchev–Trinajstić information content (AvgIpc) is 2.04. The van der Waals surface area contributed by atoms with Gasteiger partial charge in [-0.2, -0.15) is 0 Å². The number of hydrogen-bond acceptors (Lipinski definition) is 2. The van der Waals surface area contributed by atoms with Crippen molar-refractivity contribution in [2.75, 3.05) is 0 Å². The Morgan fingerprint density at radius 1 is 1.50 bits per heavy atom. The molecule has 5 heteroatoms. The molecule has 0 amide bonds. The van der Waals surface area contributed by atoms with Crippen LogP contribution in [0.15, 0.2) is 35.0 Å². The van der Waals surface area contributed by atoms with Gasteiger partial charge in [-0.15, -0.1) is 6.26 Å². The number of halogens is 2. The third kappa shape index (κ3) is 3.53. The maximum atomic E-state index is 12.6. The van der Waals surface area contributed by atoms with Gasteiger partial charge >= 0.3 is 29.6 Å². The molecule has 0 aromatic heterocycles. The predicted molar refractivity (Wildman–Crippen MR) is 47.6 cm³/mol. The molecular formula is C9H5BrFNaO2. The number of rotatable bonds is 2. The van der Waals surface area contributed by atoms with Gasteiger partial charge in [-0.05, 0) is 40.2 Å². The molecule has 0 atom stereocenters. The van der Waals surface area contributed by atoms with Crippen LogP contribution in [-0.4, -0.2) is 5.78 Å². The molecule has 1 aromatic carbocycles. The molecule has 1 rings (SSSR count). The van der Waals surface area contributed by atoms with Crippen LogP contribution in [0.2, 0.25) is 0 Å². The molecule has 0 spiro atoms. The fourth-order valence-electron chi connectivity index (χ4n) is 0.841. The summed E-state index contributed by atoms with van der Waals surface area (Å²) in [7, 11) is 0. The summed E-state index contributed by atoms with van der Waals surface area (Å²) in [6.07, 6.45) is 1.29. The molecule has 0 bridgehead atoms. The maximum Gasteiger partial charge on any atom is 1.00 e. The normalized spacial score (nSPS) is 9.86. The quantitative estimate of drug-likeness (QED) is 0.288. The van der Waals surface area contributed by atoms with Crippen LogP contribution >= 0.6 is 15.9 Å². The van der Waals surface area contributed by atoms with Gasteiger partial charge in [0.2, 0.25) is 0 Å². The largest absolute Gasteiger partial charge is 1.00 e. The van der Waals surface area contributed by atoms with E-state index in [1.54, 1.807) is 0 Å². The number of benzene rings is 1. The Kier molecular flexibility index (Phi) is 6.27. The van der Waals surface area contributed by atoms with Crippen LogP contribution in [0.3, 0.4) is 0 Å². The van der Waals surface area contributed by atoms with Gasteiger partial charge < -0.3 is 5.11 Å². The average molecular weight is 267 g/mol. The zero-order chi connectivity index (χ0) is 9.84. The van der Waals surface area contributed by atoms with E-state index < -0.39 is 11.6 Å². The van der Waals surface area contributed by atoms with Gasteiger partial charge in [0.05, 0.1) is 0 Å². The van der Waals surface area contributed by atoms with Crippen LogP contribution in [0.25, 0.3) is 0 Å². The summed E-state index contributed by atoms with van der Waals surface area (Å²) in [5, 5.41) is 10.0. The van der Waals surface area contributed by atoms with E-state index in [0.29, 0.717) is 10.7 Å². The molecule has 0 heterocycles. The monoisotopic (exact) mass is 266 g/mol. The van der Waals surface area contributed by atoms with Gasteiger partial charge in [0.15, 0.2) is 5.78 Å². The molecule has 0 radical (unpaired) electrons. The molecule has 0 unspecified atom stereocenters. The van der Waals surface area contributed by atoms with Crippen molar-refractivity contribution in [2.24, 2.45) is 0 Å². The zero-order valence-corrected chi connectivity index (χ0v) is 11.0. The Labute approximate surface area is 111 Å². The minimum atomic E-state index is -0.443. The molecule has 1 aromatic rings. The first kappa shape index (κ1) is 13.8. The van der Waals surface area contributed by atoms with Crippen LogP contribution < -0.4 is 34.7 Å². The number of carbonyl (C=O) groups excluding carboxylic acids is 1. The summed E-state index contributed by atoms with van der Waals surface area (Å²) >= 11 is 3.02. The predicted octanol–water partition coefficient (Wildman–Crippen LogP) is -1.35. The van der Waals surface area contributed by atoms with E-state index in [-0.39, 0.29) is 35.1 Å². The molecular weight excluding hydrogens is 262 g/mol. The third-order valence-corrected chi connectivity index (χ3v) is 2.07. The molecule has 0 aliphatic rings. The summed E-state index contributed by atoms with van der Waals surface area (Å²) in [6.45, 7) is 0. The first-order valence-corrected chi connectivity index (χ1v) is 4.22. The van der Waals surface area contributed by atoms with Gasteiger partial charge in [-0.25, -0.2) is 4.39 Å². The summed E-state index contributed by atoms with van der Waals surface area (Å²) < 4.78 is 12.9. The minimum Gasteiger partial charge on any atom is -0.878 e. The molecule has 0 aliphatic heterocycles. The van der Waals surface area contributed by atoms with Gasteiger partial charge in [0.25, 0.3) is 0 Å². The Bertz CT molecular complexity index is 366. The van der Waals surface area contributed by atoms with Crippen molar-refractivity contribution in [3.63, 3.8) is 0 Å². The number of allylic oxidation sites excluding steroid dienone is 1. The maximum absolute atomic E-state index is 12.6. The molecule has 0 aliphatic carbocycles. The standard InChI is InChI=1S/C9H6BrFO2.Na/c10-8-5-6(11)1-2-7(8)9(13)3-4-12;/h1-5,12H;/q;+1/p-1/b4-3+;. The van der Waals surface area contributed by atoms with E-state index in [4.69, 9.17) is 0 Å². The van der Waals surface area contributed by atoms with E-state index in [1.165, 1.54) is 12.1 Å². The Hall–Kier alpha value is -0.160. The Morgan fingerprint density at radius 2 is 2.14 bits per heavy atom. The minimum absolute atomic E-state index is 0. The summed E-state index contributed by atoms with van der Waals surface area (Å²) in [4.78, 5) is 11.1. The van der Waals surface area contributed by atoms with Crippen molar-refractivity contribution in [2.45, 2.75) is 0 Å². The fraction of sp³-hybridized carbons (Fsp3) is 0. The molecule has 0 N–H and O–H groups in total. The topological polar surface area (TPSA) is 40.1 Å². The zero-order valence-electron chi connectivity index (χ0n) is 7.46. The second-order valence-electron chi connectivity index (χ2n) is 2.29. The first-order valence-electron chi connectivity index (χ1n) is 3.43. The van der Waals surface area contributed by atoms with Crippen molar-refractivity contribution in [3.8, 4) is 0 Å². The van der Waals surface area contributed by atoms with Crippen molar-refractivity contribution in [3.05, 3.63) is 46.4 Å². The van der Waals surface area contributed by atoms with Crippen molar-refractivity contribution in [1.29, 1.82) is 0 Å². The van der Waals surface area contributed by atoms with E-state index in [2.05, 4.69) is 15.9 Å². The molecule has 68 valence electrons. The van der Waals surface area contributed by atoms with Gasteiger partial charge in [-0.3, -0.25) is 4.79 Å². The Balaban J connectivity index is 0.00000169. The van der Waals surface area contributed by atoms with E-state index >= 15 is 0 Å². The number of hydrogen-bond donors (Lipinski definition) is 0. The third-order valence-electron chi connectivity index (χ3n) is 1.42. The van der Waals surface area contributed by atoms with Crippen LogP contribution in [-0.2, 0) is 0 Å². The van der Waals surface area contributed by atoms with Crippen LogP contribution in [0.4, 0.5) is 4.39 Å². The van der Waals surface area contributed by atoms with Crippen molar-refractivity contribution < 1.29 is 43.8 Å².